The molecule has 0 unspecified atom stereocenters. The Morgan fingerprint density at radius 1 is 0.915 bits per heavy atom. The van der Waals surface area contributed by atoms with E-state index in [1.165, 1.54) is 0 Å². The van der Waals surface area contributed by atoms with E-state index in [0.29, 0.717) is 18.5 Å². The summed E-state index contributed by atoms with van der Waals surface area (Å²) in [6.07, 6.45) is 12.9. The zero-order valence-electron chi connectivity index (χ0n) is 27.4. The smallest absolute Gasteiger partial charge is 0.258 e. The van der Waals surface area contributed by atoms with Crippen LogP contribution in [0.25, 0.3) is 0 Å². The molecule has 1 aliphatic heterocycles. The maximum absolute atomic E-state index is 14.6. The van der Waals surface area contributed by atoms with Crippen LogP contribution in [0.4, 0.5) is 0 Å². The molecule has 244 valence electrons. The third-order valence-corrected chi connectivity index (χ3v) is 14.6. The summed E-state index contributed by atoms with van der Waals surface area (Å²) in [5.74, 6) is -0.504. The quantitative estimate of drug-likeness (QED) is 0.389. The third-order valence-electron chi connectivity index (χ3n) is 14.6. The van der Waals surface area contributed by atoms with Gasteiger partial charge in [0.15, 0.2) is 0 Å². The summed E-state index contributed by atoms with van der Waals surface area (Å²) >= 11 is 0. The first-order chi connectivity index (χ1) is 22.8. The molecule has 11 atom stereocenters. The largest absolute Gasteiger partial charge is 0.497 e. The zero-order chi connectivity index (χ0) is 32.3. The van der Waals surface area contributed by atoms with Crippen LogP contribution in [-0.2, 0) is 15.0 Å². The molecule has 0 spiro atoms. The number of amides is 1. The number of methoxy groups -OCH3 is 1. The van der Waals surface area contributed by atoms with Crippen molar-refractivity contribution < 1.29 is 24.2 Å². The van der Waals surface area contributed by atoms with E-state index >= 15 is 0 Å². The Labute approximate surface area is 277 Å². The first kappa shape index (κ1) is 29.6. The summed E-state index contributed by atoms with van der Waals surface area (Å²) in [5, 5.41) is 12.8. The first-order valence-electron chi connectivity index (χ1n) is 17.9. The van der Waals surface area contributed by atoms with Crippen LogP contribution < -0.4 is 4.74 Å². The predicted octanol–water partition coefficient (Wildman–Crippen LogP) is 6.54. The van der Waals surface area contributed by atoms with Crippen molar-refractivity contribution in [2.45, 2.75) is 69.8 Å². The van der Waals surface area contributed by atoms with Crippen molar-refractivity contribution in [2.24, 2.45) is 52.3 Å². The lowest BCUT2D eigenvalue weighted by molar-refractivity contribution is -0.170. The van der Waals surface area contributed by atoms with E-state index in [1.54, 1.807) is 7.11 Å². The van der Waals surface area contributed by atoms with Crippen molar-refractivity contribution in [3.63, 3.8) is 0 Å². The van der Waals surface area contributed by atoms with Crippen molar-refractivity contribution in [3.8, 4) is 5.75 Å². The molecule has 2 aromatic rings. The molecule has 6 aliphatic carbocycles. The highest BCUT2D eigenvalue weighted by Gasteiger charge is 2.80. The zero-order valence-corrected chi connectivity index (χ0v) is 27.4. The number of hydrogen-bond acceptors (Lipinski definition) is 5. The van der Waals surface area contributed by atoms with Crippen molar-refractivity contribution in [2.75, 3.05) is 13.7 Å². The van der Waals surface area contributed by atoms with Crippen LogP contribution in [0.15, 0.2) is 78.5 Å². The van der Waals surface area contributed by atoms with Crippen LogP contribution in [0.5, 0.6) is 5.75 Å². The number of piperidine rings is 1. The highest BCUT2D eigenvalue weighted by molar-refractivity contribution is 5.96. The van der Waals surface area contributed by atoms with Crippen LogP contribution in [0.3, 0.4) is 0 Å². The van der Waals surface area contributed by atoms with Gasteiger partial charge in [0.2, 0.25) is 0 Å². The van der Waals surface area contributed by atoms with E-state index in [-0.39, 0.29) is 70.2 Å². The summed E-state index contributed by atoms with van der Waals surface area (Å²) in [6.45, 7) is 3.06. The van der Waals surface area contributed by atoms with E-state index in [9.17, 15) is 19.5 Å². The number of nitrogens with zero attached hydrogens (tertiary/aromatic N) is 1. The minimum atomic E-state index is -0.704. The van der Waals surface area contributed by atoms with E-state index in [4.69, 9.17) is 4.74 Å². The topological polar surface area (TPSA) is 83.9 Å². The fourth-order valence-electron chi connectivity index (χ4n) is 12.9. The standard InChI is InChI=1S/C41H45NO5/c1-39-18-6-7-19-40(39)20-21-41(39,25-12-14-26(47-2)15-13-25)34-31(43)23-29-33(35(34)40)37(45)32-27-11-8-22-42(30(27)17-16-28(32)36(29)44)38(46)24-9-4-3-5-10-24/h3-5,9-10,12-15,17,20-21,27-29,32-35,37,45H,6-8,11,16,18-19,22-23H2,1-2H3/t27-,28+,29+,32-,33+,34+,35-,37+,39-,40-,41+/m0/s1. The van der Waals surface area contributed by atoms with Crippen LogP contribution in [0.1, 0.15) is 74.2 Å². The lowest BCUT2D eigenvalue weighted by Crippen LogP contribution is -2.63. The number of likely N-dealkylation sites (tertiary alicyclic amines) is 1. The molecule has 2 bridgehead atoms. The van der Waals surface area contributed by atoms with Gasteiger partial charge in [-0.15, -0.1) is 0 Å². The number of benzene rings is 2. The molecule has 1 amide bonds. The second-order valence-corrected chi connectivity index (χ2v) is 15.9. The molecule has 0 aromatic heterocycles. The summed E-state index contributed by atoms with van der Waals surface area (Å²) in [6, 6.07) is 17.8. The number of allylic oxidation sites excluding steroid dienone is 4. The van der Waals surface area contributed by atoms with Crippen molar-refractivity contribution in [1.29, 1.82) is 0 Å². The van der Waals surface area contributed by atoms with Gasteiger partial charge in [-0.2, -0.15) is 0 Å². The fraction of sp³-hybridized carbons (Fsp3) is 0.537. The second kappa shape index (κ2) is 10.2. The number of hydrogen-bond donors (Lipinski definition) is 1. The normalized spacial score (nSPS) is 42.9. The highest BCUT2D eigenvalue weighted by atomic mass is 16.5. The summed E-state index contributed by atoms with van der Waals surface area (Å²) in [7, 11) is 1.68. The lowest BCUT2D eigenvalue weighted by atomic mass is 9.46. The van der Waals surface area contributed by atoms with Gasteiger partial charge in [-0.1, -0.05) is 68.3 Å². The van der Waals surface area contributed by atoms with Gasteiger partial charge >= 0.3 is 0 Å². The molecule has 1 N–H and O–H groups in total. The Morgan fingerprint density at radius 3 is 2.45 bits per heavy atom. The number of carbonyl (C=O) groups is 3. The lowest BCUT2D eigenvalue weighted by Gasteiger charge is -2.58. The number of aliphatic hydroxyl groups excluding tert-OH is 1. The Morgan fingerprint density at radius 2 is 1.68 bits per heavy atom. The molecule has 6 heteroatoms. The molecular formula is C41H45NO5. The summed E-state index contributed by atoms with van der Waals surface area (Å²) < 4.78 is 5.52. The second-order valence-electron chi connectivity index (χ2n) is 15.9. The minimum absolute atomic E-state index is 0.00522. The molecule has 7 aliphatic rings. The Hall–Kier alpha value is -3.51. The maximum Gasteiger partial charge on any atom is 0.258 e. The number of aliphatic hydroxyl groups is 1. The number of rotatable bonds is 3. The molecule has 9 rings (SSSR count). The molecule has 1 heterocycles. The van der Waals surface area contributed by atoms with Gasteiger partial charge in [-0.3, -0.25) is 14.4 Å². The Balaban J connectivity index is 1.14. The molecule has 2 aromatic carbocycles. The molecule has 6 nitrogen and oxygen atoms in total. The first-order valence-corrected chi connectivity index (χ1v) is 17.9. The molecule has 4 saturated carbocycles. The van der Waals surface area contributed by atoms with Crippen LogP contribution >= 0.6 is 0 Å². The Kier molecular flexibility index (Phi) is 6.46. The van der Waals surface area contributed by atoms with Crippen LogP contribution in [0, 0.1) is 52.3 Å². The monoisotopic (exact) mass is 631 g/mol. The number of fused-ring (bicyclic) bond motifs is 7. The van der Waals surface area contributed by atoms with Gasteiger partial charge in [0.1, 0.15) is 17.3 Å². The number of carbonyl (C=O) groups excluding carboxylic acids is 3. The molecule has 5 fully saturated rings. The third kappa shape index (κ3) is 3.58. The van der Waals surface area contributed by atoms with Crippen molar-refractivity contribution in [1.82, 2.24) is 4.90 Å². The van der Waals surface area contributed by atoms with Crippen LogP contribution in [0.2, 0.25) is 0 Å². The maximum atomic E-state index is 14.6. The molecular weight excluding hydrogens is 586 g/mol. The van der Waals surface area contributed by atoms with Gasteiger partial charge in [0, 0.05) is 59.2 Å². The average molecular weight is 632 g/mol. The minimum Gasteiger partial charge on any atom is -0.497 e. The van der Waals surface area contributed by atoms with Gasteiger partial charge < -0.3 is 14.7 Å². The predicted molar refractivity (Wildman–Crippen MR) is 177 cm³/mol. The van der Waals surface area contributed by atoms with E-state index in [2.05, 4.69) is 37.3 Å². The van der Waals surface area contributed by atoms with Crippen LogP contribution in [-0.4, -0.2) is 47.2 Å². The van der Waals surface area contributed by atoms with Crippen molar-refractivity contribution in [3.05, 3.63) is 89.6 Å². The SMILES string of the molecule is COc1ccc([C@@]23C=C[C@@]4(CCCC[C@@]42C)[C@H]2[C@@H]4[C@H](O)[C@@H]5[C@@H](CC=C6[C@@H]5CCCN6C(=O)c5ccccc5)C(=O)[C@@H]4CC(=O)[C@H]23)cc1. The summed E-state index contributed by atoms with van der Waals surface area (Å²) in [4.78, 5) is 45.0. The summed E-state index contributed by atoms with van der Waals surface area (Å²) in [5.41, 5.74) is 1.89. The van der Waals surface area contributed by atoms with E-state index in [0.717, 1.165) is 55.5 Å². The number of Topliss-reactive ketones (excluding diaryl/α,β-unsaturated/α-hetero) is 2. The van der Waals surface area contributed by atoms with E-state index < -0.39 is 17.4 Å². The van der Waals surface area contributed by atoms with Gasteiger partial charge in [-0.25, -0.2) is 0 Å². The Bertz CT molecular complexity index is 1710. The van der Waals surface area contributed by atoms with Gasteiger partial charge in [-0.05, 0) is 84.6 Å². The van der Waals surface area contributed by atoms with E-state index in [1.807, 2.05) is 47.4 Å². The average Bonchev–Trinajstić information content (AvgIpc) is 3.50. The fourth-order valence-corrected chi connectivity index (χ4v) is 12.9. The van der Waals surface area contributed by atoms with Crippen molar-refractivity contribution >= 4 is 17.5 Å². The number of ketones is 2. The number of ether oxygens (including phenoxy) is 1. The highest BCUT2D eigenvalue weighted by Crippen LogP contribution is 2.81. The molecule has 47 heavy (non-hydrogen) atoms. The van der Waals surface area contributed by atoms with Gasteiger partial charge in [0.05, 0.1) is 13.2 Å². The molecule has 0 radical (unpaired) electrons. The van der Waals surface area contributed by atoms with Gasteiger partial charge in [0.25, 0.3) is 5.91 Å². The molecule has 1 saturated heterocycles.